The van der Waals surface area contributed by atoms with E-state index in [-0.39, 0.29) is 5.91 Å². The number of carbonyl (C=O) groups is 1. The fourth-order valence-corrected chi connectivity index (χ4v) is 3.27. The number of nitrogens with one attached hydrogen (secondary N) is 1. The van der Waals surface area contributed by atoms with E-state index in [4.69, 9.17) is 11.6 Å². The number of carbonyl (C=O) groups excluding carboxylic acids is 1. The van der Waals surface area contributed by atoms with Crippen LogP contribution in [-0.4, -0.2) is 18.2 Å². The summed E-state index contributed by atoms with van der Waals surface area (Å²) in [5.74, 6) is 0.739. The molecular formula is C15H13BrClNOS. The van der Waals surface area contributed by atoms with E-state index in [0.717, 1.165) is 5.75 Å². The highest BCUT2D eigenvalue weighted by atomic mass is 79.9. The van der Waals surface area contributed by atoms with Gasteiger partial charge >= 0.3 is 0 Å². The van der Waals surface area contributed by atoms with Crippen molar-refractivity contribution in [2.75, 3.05) is 12.3 Å². The summed E-state index contributed by atoms with van der Waals surface area (Å²) < 4.78 is 0.707. The van der Waals surface area contributed by atoms with Gasteiger partial charge in [0.25, 0.3) is 5.91 Å². The molecule has 2 aromatic rings. The van der Waals surface area contributed by atoms with Gasteiger partial charge in [-0.2, -0.15) is 0 Å². The number of hydrogen-bond donors (Lipinski definition) is 1. The molecule has 2 rings (SSSR count). The van der Waals surface area contributed by atoms with Crippen molar-refractivity contribution in [2.45, 2.75) is 4.90 Å². The first-order valence-electron chi connectivity index (χ1n) is 6.08. The number of hydrogen-bond acceptors (Lipinski definition) is 2. The van der Waals surface area contributed by atoms with Crippen molar-refractivity contribution < 1.29 is 4.79 Å². The van der Waals surface area contributed by atoms with E-state index in [1.54, 1.807) is 30.0 Å². The molecule has 0 aliphatic rings. The Balaban J connectivity index is 1.80. The van der Waals surface area contributed by atoms with Gasteiger partial charge in [-0.15, -0.1) is 11.8 Å². The molecule has 0 aromatic heterocycles. The lowest BCUT2D eigenvalue weighted by Gasteiger charge is -2.07. The number of halogens is 2. The summed E-state index contributed by atoms with van der Waals surface area (Å²) >= 11 is 10.9. The van der Waals surface area contributed by atoms with Crippen LogP contribution >= 0.6 is 39.3 Å². The predicted molar refractivity (Wildman–Crippen MR) is 88.7 cm³/mol. The Hall–Kier alpha value is -0.970. The molecule has 0 bridgehead atoms. The van der Waals surface area contributed by atoms with Crippen molar-refractivity contribution in [1.82, 2.24) is 5.32 Å². The molecule has 0 aliphatic heterocycles. The van der Waals surface area contributed by atoms with Gasteiger partial charge in [-0.3, -0.25) is 4.79 Å². The maximum absolute atomic E-state index is 12.0. The van der Waals surface area contributed by atoms with Crippen LogP contribution in [-0.2, 0) is 0 Å². The molecule has 1 amide bonds. The summed E-state index contributed by atoms with van der Waals surface area (Å²) in [6, 6.07) is 15.3. The van der Waals surface area contributed by atoms with Gasteiger partial charge in [-0.1, -0.05) is 29.8 Å². The van der Waals surface area contributed by atoms with Gasteiger partial charge in [0.1, 0.15) is 0 Å². The largest absolute Gasteiger partial charge is 0.351 e. The highest BCUT2D eigenvalue weighted by Crippen LogP contribution is 2.21. The molecule has 2 aromatic carbocycles. The van der Waals surface area contributed by atoms with Crippen molar-refractivity contribution in [3.63, 3.8) is 0 Å². The lowest BCUT2D eigenvalue weighted by molar-refractivity contribution is 0.0955. The number of benzene rings is 2. The number of thioether (sulfide) groups is 1. The fourth-order valence-electron chi connectivity index (χ4n) is 1.62. The Morgan fingerprint density at radius 3 is 2.65 bits per heavy atom. The van der Waals surface area contributed by atoms with Crippen molar-refractivity contribution in [1.29, 1.82) is 0 Å². The molecule has 0 heterocycles. The Bertz CT molecular complexity index is 592. The number of rotatable bonds is 5. The van der Waals surface area contributed by atoms with Crippen molar-refractivity contribution in [2.24, 2.45) is 0 Å². The summed E-state index contributed by atoms with van der Waals surface area (Å²) in [7, 11) is 0. The Kier molecular flexibility index (Phi) is 5.95. The zero-order chi connectivity index (χ0) is 14.4. The molecule has 0 fully saturated rings. The van der Waals surface area contributed by atoms with E-state index in [1.807, 2.05) is 18.2 Å². The first-order chi connectivity index (χ1) is 9.66. The molecule has 0 saturated heterocycles. The molecule has 0 radical (unpaired) electrons. The molecule has 1 N–H and O–H groups in total. The van der Waals surface area contributed by atoms with Gasteiger partial charge in [0.15, 0.2) is 0 Å². The topological polar surface area (TPSA) is 29.1 Å². The molecule has 2 nitrogen and oxygen atoms in total. The second-order valence-electron chi connectivity index (χ2n) is 4.04. The lowest BCUT2D eigenvalue weighted by Crippen LogP contribution is -2.26. The first-order valence-corrected chi connectivity index (χ1v) is 8.23. The van der Waals surface area contributed by atoms with Gasteiger partial charge < -0.3 is 5.32 Å². The molecule has 0 unspecified atom stereocenters. The third kappa shape index (κ3) is 4.54. The van der Waals surface area contributed by atoms with Crippen LogP contribution in [0.2, 0.25) is 5.02 Å². The van der Waals surface area contributed by atoms with Gasteiger partial charge in [-0.25, -0.2) is 0 Å². The van der Waals surface area contributed by atoms with Crippen LogP contribution in [0.25, 0.3) is 0 Å². The highest BCUT2D eigenvalue weighted by molar-refractivity contribution is 9.10. The third-order valence-electron chi connectivity index (χ3n) is 2.58. The highest BCUT2D eigenvalue weighted by Gasteiger charge is 2.09. The smallest absolute Gasteiger partial charge is 0.252 e. The quantitative estimate of drug-likeness (QED) is 0.614. The SMILES string of the molecule is O=C(NCCSc1ccccc1)c1ccc(Cl)cc1Br. The second-order valence-corrected chi connectivity index (χ2v) is 6.50. The van der Waals surface area contributed by atoms with E-state index in [2.05, 4.69) is 33.4 Å². The summed E-state index contributed by atoms with van der Waals surface area (Å²) in [5, 5.41) is 3.50. The normalized spacial score (nSPS) is 10.3. The minimum absolute atomic E-state index is 0.0952. The summed E-state index contributed by atoms with van der Waals surface area (Å²) in [5.41, 5.74) is 0.596. The van der Waals surface area contributed by atoms with Gasteiger partial charge in [0.2, 0.25) is 0 Å². The minimum Gasteiger partial charge on any atom is -0.351 e. The van der Waals surface area contributed by atoms with Crippen LogP contribution in [0.15, 0.2) is 57.9 Å². The van der Waals surface area contributed by atoms with Crippen molar-refractivity contribution in [3.8, 4) is 0 Å². The van der Waals surface area contributed by atoms with Crippen molar-refractivity contribution in [3.05, 3.63) is 63.6 Å². The second kappa shape index (κ2) is 7.72. The first kappa shape index (κ1) is 15.4. The maximum atomic E-state index is 12.0. The Morgan fingerprint density at radius 2 is 1.95 bits per heavy atom. The average molecular weight is 371 g/mol. The maximum Gasteiger partial charge on any atom is 0.252 e. The lowest BCUT2D eigenvalue weighted by atomic mass is 10.2. The molecular weight excluding hydrogens is 358 g/mol. The Morgan fingerprint density at radius 1 is 1.20 bits per heavy atom. The molecule has 0 spiro atoms. The Labute approximate surface area is 136 Å². The molecule has 20 heavy (non-hydrogen) atoms. The van der Waals surface area contributed by atoms with Gasteiger partial charge in [0.05, 0.1) is 5.56 Å². The molecule has 5 heteroatoms. The summed E-state index contributed by atoms with van der Waals surface area (Å²) in [6.07, 6.45) is 0. The van der Waals surface area contributed by atoms with E-state index >= 15 is 0 Å². The molecule has 0 aliphatic carbocycles. The zero-order valence-corrected chi connectivity index (χ0v) is 13.8. The van der Waals surface area contributed by atoms with Crippen molar-refractivity contribution >= 4 is 45.2 Å². The number of amides is 1. The fraction of sp³-hybridized carbons (Fsp3) is 0.133. The van der Waals surface area contributed by atoms with Crippen LogP contribution in [0.4, 0.5) is 0 Å². The van der Waals surface area contributed by atoms with Gasteiger partial charge in [-0.05, 0) is 46.3 Å². The molecule has 0 saturated carbocycles. The van der Waals surface area contributed by atoms with E-state index in [0.29, 0.717) is 21.6 Å². The standard InChI is InChI=1S/C15H13BrClNOS/c16-14-10-11(17)6-7-13(14)15(19)18-8-9-20-12-4-2-1-3-5-12/h1-7,10H,8-9H2,(H,18,19). The summed E-state index contributed by atoms with van der Waals surface area (Å²) in [6.45, 7) is 0.619. The third-order valence-corrected chi connectivity index (χ3v) is 4.48. The molecule has 0 atom stereocenters. The van der Waals surface area contributed by atoms with Crippen LogP contribution in [0.1, 0.15) is 10.4 Å². The minimum atomic E-state index is -0.0952. The zero-order valence-electron chi connectivity index (χ0n) is 10.6. The van der Waals surface area contributed by atoms with Gasteiger partial charge in [0, 0.05) is 26.7 Å². The average Bonchev–Trinajstić information content (AvgIpc) is 2.44. The van der Waals surface area contributed by atoms with Crippen LogP contribution in [0.5, 0.6) is 0 Å². The molecule has 104 valence electrons. The van der Waals surface area contributed by atoms with E-state index in [9.17, 15) is 4.79 Å². The van der Waals surface area contributed by atoms with Crippen LogP contribution in [0, 0.1) is 0 Å². The van der Waals surface area contributed by atoms with E-state index in [1.165, 1.54) is 4.90 Å². The summed E-state index contributed by atoms with van der Waals surface area (Å²) in [4.78, 5) is 13.2. The van der Waals surface area contributed by atoms with Crippen LogP contribution in [0.3, 0.4) is 0 Å². The van der Waals surface area contributed by atoms with Crippen LogP contribution < -0.4 is 5.32 Å². The predicted octanol–water partition coefficient (Wildman–Crippen LogP) is 4.62. The van der Waals surface area contributed by atoms with E-state index < -0.39 is 0 Å². The monoisotopic (exact) mass is 369 g/mol.